The molecule has 2 atom stereocenters. The van der Waals surface area contributed by atoms with Gasteiger partial charge in [0.2, 0.25) is 0 Å². The fraction of sp³-hybridized carbons (Fsp3) is 0.500. The molecule has 3 nitrogen and oxygen atoms in total. The van der Waals surface area contributed by atoms with Crippen molar-refractivity contribution in [1.29, 1.82) is 0 Å². The van der Waals surface area contributed by atoms with Gasteiger partial charge < -0.3 is 5.11 Å². The van der Waals surface area contributed by atoms with E-state index in [1.165, 1.54) is 0 Å². The van der Waals surface area contributed by atoms with E-state index in [4.69, 9.17) is 11.6 Å². The number of carboxylic acids is 1. The van der Waals surface area contributed by atoms with E-state index in [0.29, 0.717) is 5.02 Å². The molecular formula is C14H18ClNO2. The van der Waals surface area contributed by atoms with Crippen LogP contribution in [-0.4, -0.2) is 28.6 Å². The van der Waals surface area contributed by atoms with Crippen LogP contribution >= 0.6 is 11.6 Å². The first kappa shape index (κ1) is 13.4. The standard InChI is InChI=1S/C14H18ClNO2/c1-2-12(10-5-7-11(15)8-6-10)16-9-3-4-13(16)14(17)18/h5-8,12-13H,2-4,9H2,1H3,(H,17,18). The Morgan fingerprint density at radius 3 is 2.72 bits per heavy atom. The van der Waals surface area contributed by atoms with E-state index < -0.39 is 5.97 Å². The molecule has 0 aromatic heterocycles. The van der Waals surface area contributed by atoms with Gasteiger partial charge in [0.1, 0.15) is 6.04 Å². The monoisotopic (exact) mass is 267 g/mol. The number of carboxylic acid groups (broad SMARTS) is 1. The number of halogens is 1. The SMILES string of the molecule is CCC(c1ccc(Cl)cc1)N1CCCC1C(=O)O. The first-order valence-electron chi connectivity index (χ1n) is 6.37. The highest BCUT2D eigenvalue weighted by atomic mass is 35.5. The third-order valence-corrected chi connectivity index (χ3v) is 3.87. The zero-order valence-corrected chi connectivity index (χ0v) is 11.2. The van der Waals surface area contributed by atoms with E-state index in [1.54, 1.807) is 0 Å². The highest BCUT2D eigenvalue weighted by Crippen LogP contribution is 2.32. The third kappa shape index (κ3) is 2.68. The van der Waals surface area contributed by atoms with Crippen molar-refractivity contribution >= 4 is 17.6 Å². The summed E-state index contributed by atoms with van der Waals surface area (Å²) in [6.07, 6.45) is 2.62. The van der Waals surface area contributed by atoms with Gasteiger partial charge in [-0.05, 0) is 43.5 Å². The Morgan fingerprint density at radius 2 is 2.17 bits per heavy atom. The van der Waals surface area contributed by atoms with E-state index in [0.717, 1.165) is 31.4 Å². The Kier molecular flexibility index (Phi) is 4.25. The van der Waals surface area contributed by atoms with E-state index in [1.807, 2.05) is 24.3 Å². The summed E-state index contributed by atoms with van der Waals surface area (Å²) in [7, 11) is 0. The van der Waals surface area contributed by atoms with Gasteiger partial charge in [-0.2, -0.15) is 0 Å². The number of hydrogen-bond acceptors (Lipinski definition) is 2. The Morgan fingerprint density at radius 1 is 1.50 bits per heavy atom. The lowest BCUT2D eigenvalue weighted by Crippen LogP contribution is -2.38. The number of nitrogens with zero attached hydrogens (tertiary/aromatic N) is 1. The molecule has 1 aromatic rings. The molecule has 0 radical (unpaired) electrons. The van der Waals surface area contributed by atoms with E-state index in [-0.39, 0.29) is 12.1 Å². The number of carbonyl (C=O) groups is 1. The Hall–Kier alpha value is -1.06. The van der Waals surface area contributed by atoms with Crippen molar-refractivity contribution in [3.8, 4) is 0 Å². The van der Waals surface area contributed by atoms with Gasteiger partial charge in [-0.25, -0.2) is 0 Å². The van der Waals surface area contributed by atoms with Crippen LogP contribution in [0.25, 0.3) is 0 Å². The van der Waals surface area contributed by atoms with Crippen molar-refractivity contribution in [2.24, 2.45) is 0 Å². The van der Waals surface area contributed by atoms with Crippen LogP contribution in [0, 0.1) is 0 Å². The molecule has 1 saturated heterocycles. The maximum atomic E-state index is 11.3. The second-order valence-corrected chi connectivity index (χ2v) is 5.15. The van der Waals surface area contributed by atoms with Crippen LogP contribution in [-0.2, 0) is 4.79 Å². The zero-order chi connectivity index (χ0) is 13.1. The third-order valence-electron chi connectivity index (χ3n) is 3.62. The summed E-state index contributed by atoms with van der Waals surface area (Å²) >= 11 is 5.89. The summed E-state index contributed by atoms with van der Waals surface area (Å²) < 4.78 is 0. The van der Waals surface area contributed by atoms with E-state index in [9.17, 15) is 9.90 Å². The Balaban J connectivity index is 2.22. The molecule has 98 valence electrons. The highest BCUT2D eigenvalue weighted by molar-refractivity contribution is 6.30. The summed E-state index contributed by atoms with van der Waals surface area (Å²) in [5, 5.41) is 9.97. The molecule has 2 unspecified atom stereocenters. The number of rotatable bonds is 4. The van der Waals surface area contributed by atoms with Gasteiger partial charge in [-0.1, -0.05) is 30.7 Å². The average Bonchev–Trinajstić information content (AvgIpc) is 2.82. The van der Waals surface area contributed by atoms with Crippen molar-refractivity contribution in [2.45, 2.75) is 38.3 Å². The minimum atomic E-state index is -0.708. The van der Waals surface area contributed by atoms with Crippen molar-refractivity contribution in [2.75, 3.05) is 6.54 Å². The molecule has 0 amide bonds. The van der Waals surface area contributed by atoms with Crippen LogP contribution in [0.3, 0.4) is 0 Å². The molecule has 0 saturated carbocycles. The fourth-order valence-electron chi connectivity index (χ4n) is 2.77. The second-order valence-electron chi connectivity index (χ2n) is 4.71. The molecule has 1 heterocycles. The molecule has 18 heavy (non-hydrogen) atoms. The fourth-order valence-corrected chi connectivity index (χ4v) is 2.90. The van der Waals surface area contributed by atoms with Crippen molar-refractivity contribution in [3.05, 3.63) is 34.9 Å². The summed E-state index contributed by atoms with van der Waals surface area (Å²) in [6, 6.07) is 7.55. The van der Waals surface area contributed by atoms with Gasteiger partial charge in [0.25, 0.3) is 0 Å². The lowest BCUT2D eigenvalue weighted by Gasteiger charge is -2.30. The quantitative estimate of drug-likeness (QED) is 0.910. The minimum absolute atomic E-state index is 0.172. The maximum Gasteiger partial charge on any atom is 0.320 e. The molecular weight excluding hydrogens is 250 g/mol. The Bertz CT molecular complexity index is 418. The molecule has 4 heteroatoms. The summed E-state index contributed by atoms with van der Waals surface area (Å²) in [6.45, 7) is 2.95. The van der Waals surface area contributed by atoms with Gasteiger partial charge in [-0.15, -0.1) is 0 Å². The predicted molar refractivity (Wildman–Crippen MR) is 71.8 cm³/mol. The average molecular weight is 268 g/mol. The van der Waals surface area contributed by atoms with Crippen molar-refractivity contribution in [3.63, 3.8) is 0 Å². The number of likely N-dealkylation sites (tertiary alicyclic amines) is 1. The van der Waals surface area contributed by atoms with Crippen LogP contribution in [0.5, 0.6) is 0 Å². The smallest absolute Gasteiger partial charge is 0.320 e. The summed E-state index contributed by atoms with van der Waals surface area (Å²) in [4.78, 5) is 13.4. The van der Waals surface area contributed by atoms with Gasteiger partial charge in [0.05, 0.1) is 0 Å². The first-order valence-corrected chi connectivity index (χ1v) is 6.75. The lowest BCUT2D eigenvalue weighted by atomic mass is 10.0. The van der Waals surface area contributed by atoms with Crippen LogP contribution in [0.1, 0.15) is 37.8 Å². The molecule has 1 aromatic carbocycles. The summed E-state index contributed by atoms with van der Waals surface area (Å²) in [5.74, 6) is -0.708. The maximum absolute atomic E-state index is 11.3. The van der Waals surface area contributed by atoms with Gasteiger partial charge >= 0.3 is 5.97 Å². The second kappa shape index (κ2) is 5.72. The number of aliphatic carboxylic acids is 1. The van der Waals surface area contributed by atoms with Crippen molar-refractivity contribution in [1.82, 2.24) is 4.90 Å². The predicted octanol–water partition coefficient (Wildman–Crippen LogP) is 3.34. The highest BCUT2D eigenvalue weighted by Gasteiger charge is 2.35. The number of benzene rings is 1. The van der Waals surface area contributed by atoms with E-state index in [2.05, 4.69) is 11.8 Å². The molecule has 1 fully saturated rings. The molecule has 2 rings (SSSR count). The number of hydrogen-bond donors (Lipinski definition) is 1. The topological polar surface area (TPSA) is 40.5 Å². The minimum Gasteiger partial charge on any atom is -0.480 e. The molecule has 0 bridgehead atoms. The van der Waals surface area contributed by atoms with Gasteiger partial charge in [0.15, 0.2) is 0 Å². The zero-order valence-electron chi connectivity index (χ0n) is 10.5. The lowest BCUT2D eigenvalue weighted by molar-refractivity contribution is -0.143. The molecule has 0 spiro atoms. The van der Waals surface area contributed by atoms with Crippen molar-refractivity contribution < 1.29 is 9.90 Å². The molecule has 1 aliphatic heterocycles. The summed E-state index contributed by atoms with van der Waals surface area (Å²) in [5.41, 5.74) is 1.15. The first-order chi connectivity index (χ1) is 8.63. The molecule has 1 N–H and O–H groups in total. The van der Waals surface area contributed by atoms with Crippen LogP contribution in [0.2, 0.25) is 5.02 Å². The van der Waals surface area contributed by atoms with Gasteiger partial charge in [0, 0.05) is 11.1 Å². The van der Waals surface area contributed by atoms with Crippen LogP contribution < -0.4 is 0 Å². The largest absolute Gasteiger partial charge is 0.480 e. The normalized spacial score (nSPS) is 22.0. The van der Waals surface area contributed by atoms with Crippen LogP contribution in [0.4, 0.5) is 0 Å². The van der Waals surface area contributed by atoms with Crippen LogP contribution in [0.15, 0.2) is 24.3 Å². The molecule has 1 aliphatic rings. The van der Waals surface area contributed by atoms with E-state index >= 15 is 0 Å². The molecule has 0 aliphatic carbocycles. The van der Waals surface area contributed by atoms with Gasteiger partial charge in [-0.3, -0.25) is 9.69 Å². The Labute approximate surface area is 112 Å².